The Bertz CT molecular complexity index is 694. The molecule has 0 amide bonds. The molecule has 5 nitrogen and oxygen atoms in total. The molecule has 0 saturated carbocycles. The van der Waals surface area contributed by atoms with E-state index in [1.807, 2.05) is 56.3 Å². The fourth-order valence-electron chi connectivity index (χ4n) is 2.30. The Morgan fingerprint density at radius 2 is 2.00 bits per heavy atom. The van der Waals surface area contributed by atoms with E-state index in [0.29, 0.717) is 0 Å². The van der Waals surface area contributed by atoms with Gasteiger partial charge in [-0.1, -0.05) is 29.8 Å². The van der Waals surface area contributed by atoms with E-state index in [1.165, 1.54) is 0 Å². The minimum atomic E-state index is -3.39. The number of benzene rings is 1. The molecule has 0 fully saturated rings. The van der Waals surface area contributed by atoms with Gasteiger partial charge >= 0.3 is 0 Å². The molecule has 2 aromatic rings. The minimum absolute atomic E-state index is 0.0208. The van der Waals surface area contributed by atoms with Gasteiger partial charge in [-0.15, -0.1) is 0 Å². The lowest BCUT2D eigenvalue weighted by Crippen LogP contribution is -2.35. The first-order valence-electron chi connectivity index (χ1n) is 7.10. The van der Waals surface area contributed by atoms with Crippen molar-refractivity contribution in [3.63, 3.8) is 0 Å². The number of sulfonamides is 1. The summed E-state index contributed by atoms with van der Waals surface area (Å²) in [5.41, 5.74) is 1.83. The number of furan rings is 1. The Balaban J connectivity index is 2.02. The van der Waals surface area contributed by atoms with Crippen molar-refractivity contribution in [2.24, 2.45) is 0 Å². The van der Waals surface area contributed by atoms with Crippen LogP contribution in [-0.4, -0.2) is 34.0 Å². The first-order chi connectivity index (χ1) is 10.4. The molecule has 0 aliphatic heterocycles. The van der Waals surface area contributed by atoms with Crippen LogP contribution in [0.4, 0.5) is 0 Å². The van der Waals surface area contributed by atoms with Crippen molar-refractivity contribution < 1.29 is 12.8 Å². The Morgan fingerprint density at radius 3 is 2.59 bits per heavy atom. The van der Waals surface area contributed by atoms with Crippen LogP contribution >= 0.6 is 0 Å². The minimum Gasteiger partial charge on any atom is -0.468 e. The molecule has 22 heavy (non-hydrogen) atoms. The van der Waals surface area contributed by atoms with E-state index in [4.69, 9.17) is 4.42 Å². The third-order valence-corrected chi connectivity index (χ3v) is 4.75. The van der Waals surface area contributed by atoms with Crippen molar-refractivity contribution >= 4 is 10.0 Å². The van der Waals surface area contributed by atoms with E-state index >= 15 is 0 Å². The topological polar surface area (TPSA) is 62.6 Å². The highest BCUT2D eigenvalue weighted by molar-refractivity contribution is 7.88. The van der Waals surface area contributed by atoms with E-state index < -0.39 is 10.0 Å². The number of hydrogen-bond donors (Lipinski definition) is 1. The summed E-state index contributed by atoms with van der Waals surface area (Å²) < 4.78 is 32.5. The van der Waals surface area contributed by atoms with Crippen molar-refractivity contribution in [1.29, 1.82) is 0 Å². The van der Waals surface area contributed by atoms with Crippen LogP contribution in [0.1, 0.15) is 22.9 Å². The molecule has 1 atom stereocenters. The van der Waals surface area contributed by atoms with Crippen molar-refractivity contribution in [3.8, 4) is 0 Å². The SMILES string of the molecule is Cc1cccc(CS(=O)(=O)NC[C@@H](c2ccco2)N(C)C)c1. The quantitative estimate of drug-likeness (QED) is 0.850. The molecule has 120 valence electrons. The van der Waals surface area contributed by atoms with E-state index in [2.05, 4.69) is 4.72 Å². The second kappa shape index (κ2) is 7.09. The summed E-state index contributed by atoms with van der Waals surface area (Å²) in [6.07, 6.45) is 1.59. The number of likely N-dealkylation sites (N-methyl/N-ethyl adjacent to an activating group) is 1. The van der Waals surface area contributed by atoms with Gasteiger partial charge < -0.3 is 4.42 Å². The second-order valence-electron chi connectivity index (χ2n) is 5.59. The van der Waals surface area contributed by atoms with Crippen LogP contribution in [0.5, 0.6) is 0 Å². The maximum absolute atomic E-state index is 12.2. The van der Waals surface area contributed by atoms with Crippen molar-refractivity contribution in [2.75, 3.05) is 20.6 Å². The van der Waals surface area contributed by atoms with Gasteiger partial charge in [-0.25, -0.2) is 13.1 Å². The van der Waals surface area contributed by atoms with E-state index in [9.17, 15) is 8.42 Å². The first kappa shape index (κ1) is 16.7. The van der Waals surface area contributed by atoms with Gasteiger partial charge in [-0.05, 0) is 38.7 Å². The maximum atomic E-state index is 12.2. The highest BCUT2D eigenvalue weighted by Crippen LogP contribution is 2.18. The lowest BCUT2D eigenvalue weighted by Gasteiger charge is -2.22. The van der Waals surface area contributed by atoms with E-state index in [1.54, 1.807) is 12.3 Å². The summed E-state index contributed by atoms with van der Waals surface area (Å²) in [5.74, 6) is 0.718. The molecule has 2 rings (SSSR count). The van der Waals surface area contributed by atoms with Gasteiger partial charge in [0.15, 0.2) is 0 Å². The molecule has 1 N–H and O–H groups in total. The monoisotopic (exact) mass is 322 g/mol. The Kier molecular flexibility index (Phi) is 5.39. The predicted molar refractivity (Wildman–Crippen MR) is 86.9 cm³/mol. The molecule has 0 spiro atoms. The molecule has 0 aliphatic rings. The summed E-state index contributed by atoms with van der Waals surface area (Å²) >= 11 is 0. The Labute approximate surface area is 132 Å². The molecule has 0 unspecified atom stereocenters. The van der Waals surface area contributed by atoms with E-state index in [0.717, 1.165) is 16.9 Å². The number of hydrogen-bond acceptors (Lipinski definition) is 4. The number of aryl methyl sites for hydroxylation is 1. The summed E-state index contributed by atoms with van der Waals surface area (Å²) in [7, 11) is 0.392. The summed E-state index contributed by atoms with van der Waals surface area (Å²) in [6.45, 7) is 2.22. The van der Waals surface area contributed by atoms with Crippen LogP contribution in [0.25, 0.3) is 0 Å². The number of nitrogens with zero attached hydrogens (tertiary/aromatic N) is 1. The standard InChI is InChI=1S/C16H22N2O3S/c1-13-6-4-7-14(10-13)12-22(19,20)17-11-15(18(2)3)16-8-5-9-21-16/h4-10,15,17H,11-12H2,1-3H3/t15-/m0/s1. The van der Waals surface area contributed by atoms with Gasteiger partial charge in [-0.2, -0.15) is 0 Å². The third-order valence-electron chi connectivity index (χ3n) is 3.43. The zero-order chi connectivity index (χ0) is 16.2. The molecule has 0 saturated heterocycles. The normalized spacial score (nSPS) is 13.5. The maximum Gasteiger partial charge on any atom is 0.215 e. The van der Waals surface area contributed by atoms with Gasteiger partial charge in [0.05, 0.1) is 18.1 Å². The van der Waals surface area contributed by atoms with Crippen molar-refractivity contribution in [3.05, 3.63) is 59.5 Å². The third kappa shape index (κ3) is 4.69. The molecule has 0 radical (unpaired) electrons. The van der Waals surface area contributed by atoms with Gasteiger partial charge in [-0.3, -0.25) is 4.90 Å². The van der Waals surface area contributed by atoms with Gasteiger partial charge in [0.2, 0.25) is 10.0 Å². The van der Waals surface area contributed by atoms with E-state index in [-0.39, 0.29) is 18.3 Å². The average Bonchev–Trinajstić information content (AvgIpc) is 2.91. The zero-order valence-corrected chi connectivity index (χ0v) is 13.9. The molecular formula is C16H22N2O3S. The van der Waals surface area contributed by atoms with Crippen LogP contribution in [0, 0.1) is 6.92 Å². The fraction of sp³-hybridized carbons (Fsp3) is 0.375. The average molecular weight is 322 g/mol. The van der Waals surface area contributed by atoms with Crippen LogP contribution in [-0.2, 0) is 15.8 Å². The van der Waals surface area contributed by atoms with Crippen LogP contribution < -0.4 is 4.72 Å². The Hall–Kier alpha value is -1.63. The van der Waals surface area contributed by atoms with Crippen LogP contribution in [0.3, 0.4) is 0 Å². The van der Waals surface area contributed by atoms with Gasteiger partial charge in [0.1, 0.15) is 5.76 Å². The number of nitrogens with one attached hydrogen (secondary N) is 1. The summed E-state index contributed by atoms with van der Waals surface area (Å²) in [5, 5.41) is 0. The fourth-order valence-corrected chi connectivity index (χ4v) is 3.43. The highest BCUT2D eigenvalue weighted by atomic mass is 32.2. The zero-order valence-electron chi connectivity index (χ0n) is 13.1. The molecule has 6 heteroatoms. The van der Waals surface area contributed by atoms with Crippen LogP contribution in [0.2, 0.25) is 0 Å². The molecule has 0 bridgehead atoms. The molecule has 0 aliphatic carbocycles. The first-order valence-corrected chi connectivity index (χ1v) is 8.75. The van der Waals surface area contributed by atoms with Gasteiger partial charge in [0.25, 0.3) is 0 Å². The highest BCUT2D eigenvalue weighted by Gasteiger charge is 2.20. The number of rotatable bonds is 7. The molecule has 1 heterocycles. The smallest absolute Gasteiger partial charge is 0.215 e. The van der Waals surface area contributed by atoms with Crippen molar-refractivity contribution in [1.82, 2.24) is 9.62 Å². The Morgan fingerprint density at radius 1 is 1.23 bits per heavy atom. The molecule has 1 aromatic carbocycles. The lowest BCUT2D eigenvalue weighted by molar-refractivity contribution is 0.259. The molecule has 1 aromatic heterocycles. The van der Waals surface area contributed by atoms with Crippen molar-refractivity contribution in [2.45, 2.75) is 18.7 Å². The predicted octanol–water partition coefficient (Wildman–Crippen LogP) is 2.31. The second-order valence-corrected chi connectivity index (χ2v) is 7.40. The largest absolute Gasteiger partial charge is 0.468 e. The molecular weight excluding hydrogens is 300 g/mol. The lowest BCUT2D eigenvalue weighted by atomic mass is 10.2. The summed E-state index contributed by atoms with van der Waals surface area (Å²) in [4.78, 5) is 1.92. The summed E-state index contributed by atoms with van der Waals surface area (Å²) in [6, 6.07) is 11.0. The van der Waals surface area contributed by atoms with Crippen LogP contribution in [0.15, 0.2) is 47.1 Å². The van der Waals surface area contributed by atoms with Gasteiger partial charge in [0, 0.05) is 6.54 Å².